The second kappa shape index (κ2) is 6.70. The molecular weight excluding hydrogens is 174 g/mol. The van der Waals surface area contributed by atoms with Crippen molar-refractivity contribution in [3.05, 3.63) is 0 Å². The molecule has 1 aliphatic heterocycles. The van der Waals surface area contributed by atoms with Crippen LogP contribution in [-0.2, 0) is 4.74 Å². The highest BCUT2D eigenvalue weighted by Gasteiger charge is 2.16. The SMILES string of the molecule is CCCCC1CN(C)CCO1.Cl. The van der Waals surface area contributed by atoms with Crippen LogP contribution in [0.25, 0.3) is 0 Å². The van der Waals surface area contributed by atoms with Gasteiger partial charge in [-0.05, 0) is 13.5 Å². The Morgan fingerprint density at radius 1 is 1.50 bits per heavy atom. The van der Waals surface area contributed by atoms with E-state index in [0.29, 0.717) is 6.10 Å². The van der Waals surface area contributed by atoms with Crippen LogP contribution in [0.5, 0.6) is 0 Å². The number of rotatable bonds is 3. The van der Waals surface area contributed by atoms with Crippen LogP contribution in [-0.4, -0.2) is 37.7 Å². The number of unbranched alkanes of at least 4 members (excludes halogenated alkanes) is 1. The highest BCUT2D eigenvalue weighted by atomic mass is 35.5. The summed E-state index contributed by atoms with van der Waals surface area (Å²) in [5.41, 5.74) is 0. The van der Waals surface area contributed by atoms with Crippen molar-refractivity contribution in [1.29, 1.82) is 0 Å². The zero-order valence-electron chi connectivity index (χ0n) is 8.08. The van der Waals surface area contributed by atoms with Gasteiger partial charge >= 0.3 is 0 Å². The molecule has 0 N–H and O–H groups in total. The number of ether oxygens (including phenoxy) is 1. The average molecular weight is 194 g/mol. The van der Waals surface area contributed by atoms with Crippen LogP contribution in [0.3, 0.4) is 0 Å². The molecule has 1 aliphatic rings. The number of likely N-dealkylation sites (N-methyl/N-ethyl adjacent to an activating group) is 1. The van der Waals surface area contributed by atoms with Crippen molar-refractivity contribution in [2.45, 2.75) is 32.3 Å². The lowest BCUT2D eigenvalue weighted by molar-refractivity contribution is -0.0240. The highest BCUT2D eigenvalue weighted by molar-refractivity contribution is 5.85. The number of morpholine rings is 1. The van der Waals surface area contributed by atoms with E-state index in [9.17, 15) is 0 Å². The van der Waals surface area contributed by atoms with E-state index in [4.69, 9.17) is 4.74 Å². The summed E-state index contributed by atoms with van der Waals surface area (Å²) in [7, 11) is 2.17. The molecule has 2 nitrogen and oxygen atoms in total. The van der Waals surface area contributed by atoms with Gasteiger partial charge in [-0.15, -0.1) is 12.4 Å². The van der Waals surface area contributed by atoms with Crippen LogP contribution < -0.4 is 0 Å². The maximum Gasteiger partial charge on any atom is 0.0702 e. The minimum absolute atomic E-state index is 0. The minimum atomic E-state index is 0. The molecule has 0 aromatic carbocycles. The standard InChI is InChI=1S/C9H19NO.ClH/c1-3-4-5-9-8-10(2)6-7-11-9;/h9H,3-8H2,1-2H3;1H. The van der Waals surface area contributed by atoms with Crippen LogP contribution in [0.2, 0.25) is 0 Å². The summed E-state index contributed by atoms with van der Waals surface area (Å²) in [6, 6.07) is 0. The molecule has 0 radical (unpaired) electrons. The molecule has 1 rings (SSSR count). The van der Waals surface area contributed by atoms with Crippen LogP contribution in [0, 0.1) is 0 Å². The third-order valence-corrected chi connectivity index (χ3v) is 2.22. The lowest BCUT2D eigenvalue weighted by atomic mass is 10.1. The van der Waals surface area contributed by atoms with Crippen molar-refractivity contribution >= 4 is 12.4 Å². The largest absolute Gasteiger partial charge is 0.376 e. The Hall–Kier alpha value is 0.210. The summed E-state index contributed by atoms with van der Waals surface area (Å²) in [5.74, 6) is 0. The maximum absolute atomic E-state index is 5.61. The summed E-state index contributed by atoms with van der Waals surface area (Å²) in [6.45, 7) is 5.38. The fraction of sp³-hybridized carbons (Fsp3) is 1.00. The van der Waals surface area contributed by atoms with Crippen molar-refractivity contribution in [2.24, 2.45) is 0 Å². The Morgan fingerprint density at radius 2 is 2.25 bits per heavy atom. The minimum Gasteiger partial charge on any atom is -0.376 e. The Morgan fingerprint density at radius 3 is 2.83 bits per heavy atom. The van der Waals surface area contributed by atoms with E-state index in [-0.39, 0.29) is 12.4 Å². The molecule has 1 unspecified atom stereocenters. The molecule has 1 heterocycles. The number of nitrogens with zero attached hydrogens (tertiary/aromatic N) is 1. The van der Waals surface area contributed by atoms with Crippen molar-refractivity contribution in [1.82, 2.24) is 4.90 Å². The third-order valence-electron chi connectivity index (χ3n) is 2.22. The molecule has 1 saturated heterocycles. The van der Waals surface area contributed by atoms with Crippen LogP contribution >= 0.6 is 12.4 Å². The third kappa shape index (κ3) is 4.29. The summed E-state index contributed by atoms with van der Waals surface area (Å²) >= 11 is 0. The molecule has 74 valence electrons. The second-order valence-corrected chi connectivity index (χ2v) is 3.40. The van der Waals surface area contributed by atoms with Gasteiger partial charge in [-0.2, -0.15) is 0 Å². The predicted octanol–water partition coefficient (Wildman–Crippen LogP) is 1.93. The van der Waals surface area contributed by atoms with Gasteiger partial charge < -0.3 is 9.64 Å². The average Bonchev–Trinajstić information content (AvgIpc) is 2.01. The number of hydrogen-bond donors (Lipinski definition) is 0. The second-order valence-electron chi connectivity index (χ2n) is 3.40. The van der Waals surface area contributed by atoms with E-state index in [1.165, 1.54) is 19.3 Å². The van der Waals surface area contributed by atoms with Crippen LogP contribution in [0.1, 0.15) is 26.2 Å². The molecule has 0 spiro atoms. The summed E-state index contributed by atoms with van der Waals surface area (Å²) in [4.78, 5) is 2.35. The van der Waals surface area contributed by atoms with Gasteiger partial charge in [-0.1, -0.05) is 19.8 Å². The topological polar surface area (TPSA) is 12.5 Å². The Balaban J connectivity index is 0.00000121. The van der Waals surface area contributed by atoms with Crippen LogP contribution in [0.4, 0.5) is 0 Å². The van der Waals surface area contributed by atoms with E-state index in [2.05, 4.69) is 18.9 Å². The maximum atomic E-state index is 5.61. The molecule has 0 amide bonds. The molecule has 1 fully saturated rings. The van der Waals surface area contributed by atoms with Crippen molar-refractivity contribution in [2.75, 3.05) is 26.7 Å². The first kappa shape index (κ1) is 12.2. The zero-order chi connectivity index (χ0) is 8.10. The molecule has 0 aromatic heterocycles. The molecular formula is C9H20ClNO. The summed E-state index contributed by atoms with van der Waals surface area (Å²) < 4.78 is 5.61. The zero-order valence-corrected chi connectivity index (χ0v) is 8.90. The summed E-state index contributed by atoms with van der Waals surface area (Å²) in [6.07, 6.45) is 4.33. The van der Waals surface area contributed by atoms with Crippen molar-refractivity contribution in [3.8, 4) is 0 Å². The first-order chi connectivity index (χ1) is 5.33. The monoisotopic (exact) mass is 193 g/mol. The molecule has 12 heavy (non-hydrogen) atoms. The van der Waals surface area contributed by atoms with E-state index < -0.39 is 0 Å². The molecule has 3 heteroatoms. The van der Waals surface area contributed by atoms with Gasteiger partial charge in [0.2, 0.25) is 0 Å². The van der Waals surface area contributed by atoms with Crippen molar-refractivity contribution in [3.63, 3.8) is 0 Å². The Bertz CT molecular complexity index is 111. The molecule has 0 aliphatic carbocycles. The van der Waals surface area contributed by atoms with E-state index in [1.807, 2.05) is 0 Å². The smallest absolute Gasteiger partial charge is 0.0702 e. The Labute approximate surface area is 81.7 Å². The van der Waals surface area contributed by atoms with E-state index in [0.717, 1.165) is 19.7 Å². The lowest BCUT2D eigenvalue weighted by Crippen LogP contribution is -2.39. The lowest BCUT2D eigenvalue weighted by Gasteiger charge is -2.29. The Kier molecular flexibility index (Phi) is 6.81. The first-order valence-electron chi connectivity index (χ1n) is 4.63. The number of hydrogen-bond acceptors (Lipinski definition) is 2. The quantitative estimate of drug-likeness (QED) is 0.679. The molecule has 0 saturated carbocycles. The predicted molar refractivity (Wildman–Crippen MR) is 54.0 cm³/mol. The van der Waals surface area contributed by atoms with Gasteiger partial charge in [0.1, 0.15) is 0 Å². The van der Waals surface area contributed by atoms with Gasteiger partial charge in [-0.3, -0.25) is 0 Å². The first-order valence-corrected chi connectivity index (χ1v) is 4.63. The van der Waals surface area contributed by atoms with Gasteiger partial charge in [0.25, 0.3) is 0 Å². The van der Waals surface area contributed by atoms with E-state index in [1.54, 1.807) is 0 Å². The molecule has 0 aromatic rings. The summed E-state index contributed by atoms with van der Waals surface area (Å²) in [5, 5.41) is 0. The van der Waals surface area contributed by atoms with Gasteiger partial charge in [0.15, 0.2) is 0 Å². The fourth-order valence-electron chi connectivity index (χ4n) is 1.47. The van der Waals surface area contributed by atoms with Gasteiger partial charge in [0.05, 0.1) is 12.7 Å². The highest BCUT2D eigenvalue weighted by Crippen LogP contribution is 2.09. The number of halogens is 1. The fourth-order valence-corrected chi connectivity index (χ4v) is 1.47. The normalized spacial score (nSPS) is 25.0. The molecule has 1 atom stereocenters. The van der Waals surface area contributed by atoms with Crippen LogP contribution in [0.15, 0.2) is 0 Å². The van der Waals surface area contributed by atoms with Crippen molar-refractivity contribution < 1.29 is 4.74 Å². The van der Waals surface area contributed by atoms with Gasteiger partial charge in [0, 0.05) is 13.1 Å². The van der Waals surface area contributed by atoms with Gasteiger partial charge in [-0.25, -0.2) is 0 Å². The molecule has 0 bridgehead atoms. The van der Waals surface area contributed by atoms with E-state index >= 15 is 0 Å².